The minimum Gasteiger partial charge on any atom is -0.462 e. The lowest BCUT2D eigenvalue weighted by molar-refractivity contribution is -0.152. The van der Waals surface area contributed by atoms with Gasteiger partial charge in [0.05, 0.1) is 0 Å². The number of anilines is 1. The van der Waals surface area contributed by atoms with Crippen LogP contribution in [0.1, 0.15) is 21.4 Å². The van der Waals surface area contributed by atoms with Crippen LogP contribution in [0.3, 0.4) is 0 Å². The number of H-pyrrole nitrogens is 1. The zero-order valence-corrected chi connectivity index (χ0v) is 17.0. The highest BCUT2D eigenvalue weighted by atomic mass is 16.6. The molecule has 0 amide bonds. The number of carbonyl (C=O) groups is 1. The first kappa shape index (κ1) is 21.2. The molecule has 1 aliphatic heterocycles. The fraction of sp³-hybridized carbons (Fsp3) is 0.556. The lowest BCUT2D eigenvalue weighted by Crippen LogP contribution is -2.40. The molecule has 2 aromatic heterocycles. The van der Waals surface area contributed by atoms with Gasteiger partial charge in [0.2, 0.25) is 5.95 Å². The summed E-state index contributed by atoms with van der Waals surface area (Å²) in [5, 5.41) is 20.9. The fourth-order valence-corrected chi connectivity index (χ4v) is 3.30. The van der Waals surface area contributed by atoms with E-state index in [1.54, 1.807) is 0 Å². The molecule has 1 saturated heterocycles. The third kappa shape index (κ3) is 3.99. The first-order chi connectivity index (χ1) is 14.9. The first-order valence-corrected chi connectivity index (χ1v) is 9.43. The van der Waals surface area contributed by atoms with Crippen molar-refractivity contribution in [3.05, 3.63) is 33.5 Å². The SMILES string of the molecule is [2H]C(C)(C)[C@H](N)C(=O)OC[C@H]1OC(n2c(=O)n(CC=C)c3c(=O)[nH]c(N)nc32)[C@H](O)[C@@H]1O. The number of carbonyl (C=O) groups excluding carboxylic acids is 1. The van der Waals surface area contributed by atoms with Crippen molar-refractivity contribution >= 4 is 23.1 Å². The summed E-state index contributed by atoms with van der Waals surface area (Å²) in [6, 6.07) is -1.25. The molecule has 13 heteroatoms. The summed E-state index contributed by atoms with van der Waals surface area (Å²) < 4.78 is 20.4. The number of rotatable bonds is 7. The Morgan fingerprint density at radius 2 is 2.13 bits per heavy atom. The number of aliphatic hydroxyl groups is 2. The van der Waals surface area contributed by atoms with Gasteiger partial charge in [-0.05, 0) is 5.89 Å². The van der Waals surface area contributed by atoms with E-state index in [1.807, 2.05) is 0 Å². The number of aromatic amines is 1. The average molecular weight is 439 g/mol. The number of aliphatic hydroxyl groups excluding tert-OH is 2. The molecule has 0 aliphatic carbocycles. The van der Waals surface area contributed by atoms with Gasteiger partial charge in [0.25, 0.3) is 5.56 Å². The van der Waals surface area contributed by atoms with Crippen LogP contribution in [0.15, 0.2) is 22.2 Å². The smallest absolute Gasteiger partial charge is 0.333 e. The van der Waals surface area contributed by atoms with Gasteiger partial charge in [-0.25, -0.2) is 9.36 Å². The van der Waals surface area contributed by atoms with Gasteiger partial charge in [0.1, 0.15) is 31.0 Å². The summed E-state index contributed by atoms with van der Waals surface area (Å²) in [4.78, 5) is 43.7. The minimum atomic E-state index is -1.62. The normalized spacial score (nSPS) is 25.4. The molecule has 0 saturated carbocycles. The lowest BCUT2D eigenvalue weighted by atomic mass is 10.1. The molecule has 0 bridgehead atoms. The Morgan fingerprint density at radius 1 is 1.45 bits per heavy atom. The van der Waals surface area contributed by atoms with Crippen molar-refractivity contribution in [2.45, 2.75) is 51.0 Å². The minimum absolute atomic E-state index is 0.0375. The summed E-state index contributed by atoms with van der Waals surface area (Å²) in [7, 11) is 0. The molecule has 13 nitrogen and oxygen atoms in total. The molecule has 1 unspecified atom stereocenters. The van der Waals surface area contributed by atoms with Gasteiger partial charge in [-0.15, -0.1) is 6.58 Å². The van der Waals surface area contributed by atoms with Crippen molar-refractivity contribution < 1.29 is 25.9 Å². The molecular weight excluding hydrogens is 412 g/mol. The average Bonchev–Trinajstić information content (AvgIpc) is 3.13. The molecule has 5 atom stereocenters. The molecule has 170 valence electrons. The number of nitrogens with two attached hydrogens (primary N) is 2. The summed E-state index contributed by atoms with van der Waals surface area (Å²) in [6.45, 7) is 5.89. The first-order valence-electron chi connectivity index (χ1n) is 9.93. The second kappa shape index (κ2) is 8.63. The fourth-order valence-electron chi connectivity index (χ4n) is 3.30. The van der Waals surface area contributed by atoms with Crippen LogP contribution in [0.5, 0.6) is 0 Å². The summed E-state index contributed by atoms with van der Waals surface area (Å²) in [6.07, 6.45) is -4.45. The number of aromatic nitrogens is 4. The monoisotopic (exact) mass is 439 g/mol. The number of hydrogen-bond donors (Lipinski definition) is 5. The van der Waals surface area contributed by atoms with Crippen molar-refractivity contribution in [2.24, 2.45) is 11.6 Å². The van der Waals surface area contributed by atoms with Crippen molar-refractivity contribution in [1.29, 1.82) is 0 Å². The van der Waals surface area contributed by atoms with Gasteiger partial charge in [-0.3, -0.25) is 19.1 Å². The van der Waals surface area contributed by atoms with Gasteiger partial charge in [-0.2, -0.15) is 4.98 Å². The molecule has 0 aromatic carbocycles. The third-order valence-corrected chi connectivity index (χ3v) is 5.00. The van der Waals surface area contributed by atoms with Crippen molar-refractivity contribution in [1.82, 2.24) is 19.1 Å². The highest BCUT2D eigenvalue weighted by Gasteiger charge is 2.46. The molecule has 2 aromatic rings. The Labute approximate surface area is 177 Å². The van der Waals surface area contributed by atoms with E-state index in [4.69, 9.17) is 22.3 Å². The van der Waals surface area contributed by atoms with E-state index in [0.717, 1.165) is 9.13 Å². The van der Waals surface area contributed by atoms with Gasteiger partial charge in [0, 0.05) is 7.92 Å². The summed E-state index contributed by atoms with van der Waals surface area (Å²) in [5.41, 5.74) is 9.57. The predicted octanol–water partition coefficient (Wildman–Crippen LogP) is -2.20. The number of esters is 1. The second-order valence-electron chi connectivity index (χ2n) is 7.41. The van der Waals surface area contributed by atoms with Gasteiger partial charge in [-0.1, -0.05) is 19.9 Å². The number of imidazole rings is 1. The number of nitrogens with zero attached hydrogens (tertiary/aromatic N) is 3. The Morgan fingerprint density at radius 3 is 2.74 bits per heavy atom. The second-order valence-corrected chi connectivity index (χ2v) is 7.41. The molecule has 3 heterocycles. The van der Waals surface area contributed by atoms with Crippen molar-refractivity contribution in [3.8, 4) is 0 Å². The zero-order valence-electron chi connectivity index (χ0n) is 18.0. The number of hydrogen-bond acceptors (Lipinski definition) is 10. The van der Waals surface area contributed by atoms with Gasteiger partial charge in [0.15, 0.2) is 17.4 Å². The molecule has 1 fully saturated rings. The molecule has 7 N–H and O–H groups in total. The van der Waals surface area contributed by atoms with Crippen LogP contribution in [-0.2, 0) is 20.8 Å². The van der Waals surface area contributed by atoms with Crippen LogP contribution >= 0.6 is 0 Å². The third-order valence-electron chi connectivity index (χ3n) is 5.00. The van der Waals surface area contributed by atoms with Crippen molar-refractivity contribution in [2.75, 3.05) is 12.3 Å². The van der Waals surface area contributed by atoms with Crippen LogP contribution in [0.4, 0.5) is 5.95 Å². The Bertz CT molecular complexity index is 1150. The molecule has 0 spiro atoms. The molecular formula is C18H26N6O7. The van der Waals surface area contributed by atoms with Crippen LogP contribution in [0.25, 0.3) is 11.2 Å². The van der Waals surface area contributed by atoms with Crippen molar-refractivity contribution in [3.63, 3.8) is 0 Å². The molecule has 3 rings (SSSR count). The van der Waals surface area contributed by atoms with E-state index in [1.165, 1.54) is 19.9 Å². The molecule has 0 radical (unpaired) electrons. The highest BCUT2D eigenvalue weighted by molar-refractivity contribution is 5.75. The summed E-state index contributed by atoms with van der Waals surface area (Å²) >= 11 is 0. The quantitative estimate of drug-likeness (QED) is 0.233. The number of nitrogens with one attached hydrogen (secondary N) is 1. The Kier molecular flexibility index (Phi) is 5.91. The van der Waals surface area contributed by atoms with Gasteiger partial charge < -0.3 is 31.2 Å². The number of fused-ring (bicyclic) bond motifs is 1. The van der Waals surface area contributed by atoms with E-state index < -0.39 is 60.3 Å². The standard InChI is InChI=1S/C18H26N6O7/c1-4-5-23-10-13(21-17(20)22-14(10)27)24(18(23)29)15-12(26)11(25)8(31-15)6-30-16(28)9(19)7(2)3/h4,7-9,11-12,15,25-26H,1,5-6,19H2,2-3H3,(H3,20,21,22,27)/t8-,9+,11-,12-,15?/m1/s1/i7D. The number of ether oxygens (including phenoxy) is 2. The molecule has 31 heavy (non-hydrogen) atoms. The predicted molar refractivity (Wildman–Crippen MR) is 109 cm³/mol. The van der Waals surface area contributed by atoms with E-state index in [0.29, 0.717) is 0 Å². The maximum atomic E-state index is 13.0. The van der Waals surface area contributed by atoms with E-state index >= 15 is 0 Å². The van der Waals surface area contributed by atoms with Crippen LogP contribution < -0.4 is 22.7 Å². The Balaban J connectivity index is 1.93. The van der Waals surface area contributed by atoms with Crippen LogP contribution in [0, 0.1) is 5.89 Å². The van der Waals surface area contributed by atoms with E-state index in [-0.39, 0.29) is 23.7 Å². The summed E-state index contributed by atoms with van der Waals surface area (Å²) in [5.74, 6) is -2.45. The lowest BCUT2D eigenvalue weighted by Gasteiger charge is -2.18. The number of nitrogen functional groups attached to an aromatic ring is 1. The van der Waals surface area contributed by atoms with E-state index in [9.17, 15) is 24.6 Å². The van der Waals surface area contributed by atoms with Crippen LogP contribution in [-0.4, -0.2) is 66.2 Å². The zero-order chi connectivity index (χ0) is 24.0. The Hall–Kier alpha value is -3.00. The van der Waals surface area contributed by atoms with Gasteiger partial charge >= 0.3 is 11.7 Å². The van der Waals surface area contributed by atoms with E-state index in [2.05, 4.69) is 16.5 Å². The number of allylic oxidation sites excluding steroid dienone is 1. The topological polar surface area (TPSA) is 201 Å². The largest absolute Gasteiger partial charge is 0.462 e. The maximum absolute atomic E-state index is 13.0. The maximum Gasteiger partial charge on any atom is 0.333 e. The highest BCUT2D eigenvalue weighted by Crippen LogP contribution is 2.30. The van der Waals surface area contributed by atoms with Crippen LogP contribution in [0.2, 0.25) is 0 Å². The molecule has 1 aliphatic rings.